The van der Waals surface area contributed by atoms with E-state index in [4.69, 9.17) is 19.2 Å². The van der Waals surface area contributed by atoms with Gasteiger partial charge >= 0.3 is 18.2 Å². The second-order valence-electron chi connectivity index (χ2n) is 18.8. The molecule has 1 unspecified atom stereocenters. The summed E-state index contributed by atoms with van der Waals surface area (Å²) >= 11 is 0. The number of ether oxygens (including phenoxy) is 3. The third-order valence-corrected chi connectivity index (χ3v) is 12.1. The van der Waals surface area contributed by atoms with Gasteiger partial charge in [-0.15, -0.1) is 6.58 Å². The van der Waals surface area contributed by atoms with E-state index in [2.05, 4.69) is 48.3 Å². The standard InChI is InChI=1S/C52H57N5O7/c1-11-50(8,9)51-32-42(57(47(61)64-49(5,6)7)45(51)56(46(60)63-48(2,3)4)41-30-22-21-29-39(41)51)43(58)54-40(44(59)62-10)31-38-33-55(34-53-38)52(35-23-15-12-16-24-35,36-25-17-13-18-26-36)37-27-19-14-20-28-37/h11-31,33-34,42,45H,1,32H2,2-10H3,(H,54,58)/b40-31-/t42-,45?,51+/m0/s1. The number of anilines is 1. The molecule has 1 saturated heterocycles. The number of likely N-dealkylation sites (tertiary alicyclic amines) is 1. The Morgan fingerprint density at radius 1 is 0.734 bits per heavy atom. The molecule has 7 rings (SSSR count). The highest BCUT2D eigenvalue weighted by molar-refractivity contribution is 6.01. The Morgan fingerprint density at radius 3 is 1.73 bits per heavy atom. The van der Waals surface area contributed by atoms with E-state index in [-0.39, 0.29) is 12.1 Å². The Bertz CT molecular complexity index is 2480. The normalized spacial score (nSPS) is 18.7. The highest BCUT2D eigenvalue weighted by Crippen LogP contribution is 2.62. The lowest BCUT2D eigenvalue weighted by molar-refractivity contribution is -0.138. The molecule has 12 nitrogen and oxygen atoms in total. The van der Waals surface area contributed by atoms with Gasteiger partial charge in [0.15, 0.2) is 0 Å². The van der Waals surface area contributed by atoms with Gasteiger partial charge in [0, 0.05) is 11.6 Å². The van der Waals surface area contributed by atoms with Gasteiger partial charge in [-0.25, -0.2) is 19.4 Å². The third kappa shape index (κ3) is 7.97. The number of carbonyl (C=O) groups is 4. The number of methoxy groups -OCH3 is 1. The number of benzene rings is 4. The van der Waals surface area contributed by atoms with E-state index < -0.39 is 63.8 Å². The molecule has 5 aromatic rings. The van der Waals surface area contributed by atoms with E-state index in [1.54, 1.807) is 60.0 Å². The number of nitrogens with zero attached hydrogens (tertiary/aromatic N) is 4. The van der Waals surface area contributed by atoms with Crippen LogP contribution in [0, 0.1) is 5.41 Å². The number of imidazole rings is 1. The van der Waals surface area contributed by atoms with Crippen LogP contribution in [0.5, 0.6) is 0 Å². The van der Waals surface area contributed by atoms with Gasteiger partial charge in [0.25, 0.3) is 0 Å². The summed E-state index contributed by atoms with van der Waals surface area (Å²) in [5.41, 5.74) is -0.425. The number of allylic oxidation sites excluding steroid dienone is 1. The number of para-hydroxylation sites is 1. The summed E-state index contributed by atoms with van der Waals surface area (Å²) in [7, 11) is 1.22. The van der Waals surface area contributed by atoms with E-state index in [1.165, 1.54) is 23.0 Å². The van der Waals surface area contributed by atoms with Crippen LogP contribution in [0.25, 0.3) is 6.08 Å². The SMILES string of the molecule is C=CC(C)(C)[C@@]12C[C@@H](C(=O)N/C(=C\c3cn(C(c4ccccc4)(c4ccccc4)c4ccccc4)cn3)C(=O)OC)N(C(=O)OC(C)(C)C)C1N(C(=O)OC(C)(C)C)c1ccccc12. The van der Waals surface area contributed by atoms with Gasteiger partial charge in [-0.05, 0) is 87.8 Å². The first-order valence-electron chi connectivity index (χ1n) is 21.4. The van der Waals surface area contributed by atoms with E-state index >= 15 is 4.79 Å². The lowest BCUT2D eigenvalue weighted by atomic mass is 9.60. The fourth-order valence-corrected chi connectivity index (χ4v) is 9.30. The first kappa shape index (κ1) is 45.1. The number of aromatic nitrogens is 2. The largest absolute Gasteiger partial charge is 0.464 e. The molecule has 0 bridgehead atoms. The molecule has 332 valence electrons. The van der Waals surface area contributed by atoms with Crippen molar-refractivity contribution in [3.63, 3.8) is 0 Å². The lowest BCUT2D eigenvalue weighted by Gasteiger charge is -2.45. The van der Waals surface area contributed by atoms with Crippen molar-refractivity contribution in [1.82, 2.24) is 19.8 Å². The van der Waals surface area contributed by atoms with Crippen LogP contribution in [0.15, 0.2) is 146 Å². The fourth-order valence-electron chi connectivity index (χ4n) is 9.30. The summed E-state index contributed by atoms with van der Waals surface area (Å²) < 4.78 is 19.2. The number of nitrogens with one attached hydrogen (secondary N) is 1. The van der Waals surface area contributed by atoms with Crippen LogP contribution in [-0.4, -0.2) is 69.0 Å². The summed E-state index contributed by atoms with van der Waals surface area (Å²) in [5, 5.41) is 2.82. The molecule has 0 spiro atoms. The highest BCUT2D eigenvalue weighted by Gasteiger charge is 2.70. The van der Waals surface area contributed by atoms with Gasteiger partial charge < -0.3 is 24.1 Å². The van der Waals surface area contributed by atoms with Crippen molar-refractivity contribution in [1.29, 1.82) is 0 Å². The van der Waals surface area contributed by atoms with Crippen molar-refractivity contribution in [2.24, 2.45) is 5.41 Å². The Hall–Kier alpha value is -6.95. The minimum absolute atomic E-state index is 0.0227. The molecule has 0 saturated carbocycles. The Balaban J connectivity index is 1.35. The first-order chi connectivity index (χ1) is 30.3. The molecule has 1 N–H and O–H groups in total. The van der Waals surface area contributed by atoms with Gasteiger partial charge in [0.1, 0.15) is 34.6 Å². The number of fused-ring (bicyclic) bond motifs is 3. The molecule has 2 aliphatic rings. The number of hydrogen-bond donors (Lipinski definition) is 1. The predicted octanol–water partition coefficient (Wildman–Crippen LogP) is 9.59. The number of rotatable bonds is 10. The first-order valence-corrected chi connectivity index (χ1v) is 21.4. The molecule has 3 atom stereocenters. The quantitative estimate of drug-likeness (QED) is 0.0483. The van der Waals surface area contributed by atoms with Crippen LogP contribution < -0.4 is 10.2 Å². The summed E-state index contributed by atoms with van der Waals surface area (Å²) in [6.45, 7) is 18.6. The molecular weight excluding hydrogens is 807 g/mol. The van der Waals surface area contributed by atoms with Crippen LogP contribution in [0.1, 0.15) is 89.8 Å². The van der Waals surface area contributed by atoms with E-state index in [1.807, 2.05) is 97.4 Å². The van der Waals surface area contributed by atoms with Crippen molar-refractivity contribution in [2.75, 3.05) is 12.0 Å². The fraction of sp³-hybridized carbons (Fsp3) is 0.327. The van der Waals surface area contributed by atoms with Crippen molar-refractivity contribution < 1.29 is 33.4 Å². The minimum atomic E-state index is -1.27. The zero-order valence-electron chi connectivity index (χ0n) is 38.0. The van der Waals surface area contributed by atoms with E-state index in [9.17, 15) is 14.4 Å². The molecule has 3 heterocycles. The maximum Gasteiger partial charge on any atom is 0.416 e. The number of amides is 3. The summed E-state index contributed by atoms with van der Waals surface area (Å²) in [6, 6.07) is 36.3. The summed E-state index contributed by atoms with van der Waals surface area (Å²) in [5.74, 6) is -1.54. The number of esters is 1. The van der Waals surface area contributed by atoms with Crippen molar-refractivity contribution in [3.8, 4) is 0 Å². The van der Waals surface area contributed by atoms with Gasteiger partial charge in [0.2, 0.25) is 5.91 Å². The molecule has 12 heteroatoms. The Kier molecular flexibility index (Phi) is 12.0. The average molecular weight is 864 g/mol. The molecule has 0 radical (unpaired) electrons. The van der Waals surface area contributed by atoms with Crippen molar-refractivity contribution in [2.45, 2.75) is 96.2 Å². The monoisotopic (exact) mass is 863 g/mol. The average Bonchev–Trinajstić information content (AvgIpc) is 3.95. The van der Waals surface area contributed by atoms with Crippen LogP contribution in [0.3, 0.4) is 0 Å². The third-order valence-electron chi connectivity index (χ3n) is 12.1. The molecule has 3 amide bonds. The zero-order chi connectivity index (χ0) is 46.2. The summed E-state index contributed by atoms with van der Waals surface area (Å²) in [4.78, 5) is 65.4. The van der Waals surface area contributed by atoms with E-state index in [0.29, 0.717) is 11.4 Å². The predicted molar refractivity (Wildman–Crippen MR) is 246 cm³/mol. The van der Waals surface area contributed by atoms with Gasteiger partial charge in [0.05, 0.1) is 24.8 Å². The van der Waals surface area contributed by atoms with Crippen LogP contribution in [-0.2, 0) is 34.8 Å². The second-order valence-corrected chi connectivity index (χ2v) is 18.8. The topological polar surface area (TPSA) is 132 Å². The van der Waals surface area contributed by atoms with Crippen LogP contribution in [0.4, 0.5) is 15.3 Å². The van der Waals surface area contributed by atoms with E-state index in [0.717, 1.165) is 22.3 Å². The van der Waals surface area contributed by atoms with Crippen LogP contribution >= 0.6 is 0 Å². The highest BCUT2D eigenvalue weighted by atomic mass is 16.6. The van der Waals surface area contributed by atoms with Crippen molar-refractivity contribution in [3.05, 3.63) is 174 Å². The number of hydrogen-bond acceptors (Lipinski definition) is 8. The minimum Gasteiger partial charge on any atom is -0.464 e. The van der Waals surface area contributed by atoms with Gasteiger partial charge in [-0.3, -0.25) is 14.6 Å². The van der Waals surface area contributed by atoms with Gasteiger partial charge in [-0.2, -0.15) is 0 Å². The molecule has 2 aliphatic heterocycles. The Morgan fingerprint density at radius 2 is 1.23 bits per heavy atom. The smallest absolute Gasteiger partial charge is 0.416 e. The molecule has 1 aromatic heterocycles. The van der Waals surface area contributed by atoms with Crippen molar-refractivity contribution >= 4 is 35.8 Å². The zero-order valence-corrected chi connectivity index (χ0v) is 38.0. The second kappa shape index (κ2) is 17.0. The molecule has 4 aromatic carbocycles. The van der Waals surface area contributed by atoms with Crippen LogP contribution in [0.2, 0.25) is 0 Å². The Labute approximate surface area is 375 Å². The van der Waals surface area contributed by atoms with Gasteiger partial charge in [-0.1, -0.05) is 129 Å². The lowest BCUT2D eigenvalue weighted by Crippen LogP contribution is -2.60. The maximum absolute atomic E-state index is 15.1. The maximum atomic E-state index is 15.1. The molecular formula is C52H57N5O7. The molecule has 64 heavy (non-hydrogen) atoms. The summed E-state index contributed by atoms with van der Waals surface area (Å²) in [6.07, 6.45) is 4.11. The molecule has 1 fully saturated rings. The molecule has 0 aliphatic carbocycles. The number of carbonyl (C=O) groups excluding carboxylic acids is 4.